The fraction of sp³-hybridized carbons (Fsp3) is 1.00. The molecule has 2 rings (SSSR count). The molecular weight excluding hydrogens is 313 g/mol. The van der Waals surface area contributed by atoms with Crippen molar-refractivity contribution in [2.75, 3.05) is 11.5 Å². The lowest BCUT2D eigenvalue weighted by Gasteiger charge is -1.97. The topological polar surface area (TPSA) is 0 Å². The highest BCUT2D eigenvalue weighted by molar-refractivity contribution is 8.82. The quantitative estimate of drug-likeness (QED) is 0.404. The molecule has 2 aliphatic heterocycles. The largest absolute Gasteiger partial charge is 0.145 e. The Morgan fingerprint density at radius 2 is 1.19 bits per heavy atom. The highest BCUT2D eigenvalue weighted by Gasteiger charge is 2.44. The number of thioether (sulfide) groups is 4. The van der Waals surface area contributed by atoms with Crippen molar-refractivity contribution in [3.05, 3.63) is 0 Å². The van der Waals surface area contributed by atoms with Crippen molar-refractivity contribution >= 4 is 68.6 Å². The summed E-state index contributed by atoms with van der Waals surface area (Å²) in [7, 11) is 4.27. The van der Waals surface area contributed by atoms with Gasteiger partial charge >= 0.3 is 0 Å². The molecule has 0 nitrogen and oxygen atoms in total. The molecule has 16 heavy (non-hydrogen) atoms. The van der Waals surface area contributed by atoms with E-state index in [-0.39, 0.29) is 0 Å². The maximum absolute atomic E-state index is 2.27. The van der Waals surface area contributed by atoms with Crippen LogP contribution in [0.25, 0.3) is 0 Å². The maximum Gasteiger partial charge on any atom is 0.0828 e. The van der Waals surface area contributed by atoms with E-state index in [1.807, 2.05) is 0 Å². The summed E-state index contributed by atoms with van der Waals surface area (Å²) in [4.78, 5) is 0. The van der Waals surface area contributed by atoms with Crippen molar-refractivity contribution < 1.29 is 0 Å². The van der Waals surface area contributed by atoms with Gasteiger partial charge in [0.15, 0.2) is 0 Å². The lowest BCUT2D eigenvalue weighted by molar-refractivity contribution is 1.11. The summed E-state index contributed by atoms with van der Waals surface area (Å²) in [6, 6.07) is 0. The molecule has 6 heteroatoms. The number of hydrogen-bond acceptors (Lipinski definition) is 6. The maximum atomic E-state index is 2.27. The van der Waals surface area contributed by atoms with Crippen LogP contribution in [-0.4, -0.2) is 29.8 Å². The van der Waals surface area contributed by atoms with Gasteiger partial charge in [-0.25, -0.2) is 0 Å². The minimum Gasteiger partial charge on any atom is -0.145 e. The van der Waals surface area contributed by atoms with Crippen LogP contribution in [-0.2, 0) is 0 Å². The van der Waals surface area contributed by atoms with Crippen LogP contribution in [0.3, 0.4) is 0 Å². The van der Waals surface area contributed by atoms with Crippen LogP contribution in [0.2, 0.25) is 0 Å². The van der Waals surface area contributed by atoms with Gasteiger partial charge in [-0.15, -0.1) is 47.0 Å². The summed E-state index contributed by atoms with van der Waals surface area (Å²) in [5.41, 5.74) is 0. The van der Waals surface area contributed by atoms with Gasteiger partial charge in [-0.2, -0.15) is 0 Å². The van der Waals surface area contributed by atoms with Crippen LogP contribution < -0.4 is 0 Å². The standard InChI is InChI=1S/C10H18S6/c1-3-5-11-7-9(13-7)15-16-10-8(14-10)12-6-4-2/h7-10H,3-6H2,1-2H3. The molecule has 4 unspecified atom stereocenters. The first-order valence-electron chi connectivity index (χ1n) is 5.71. The molecule has 0 N–H and O–H groups in total. The predicted octanol–water partition coefficient (Wildman–Crippen LogP) is 5.45. The average Bonchev–Trinajstić information content (AvgIpc) is 3.17. The first-order valence-corrected chi connectivity index (χ1v) is 12.0. The van der Waals surface area contributed by atoms with E-state index in [2.05, 4.69) is 82.5 Å². The van der Waals surface area contributed by atoms with Crippen LogP contribution >= 0.6 is 68.6 Å². The van der Waals surface area contributed by atoms with Gasteiger partial charge in [-0.3, -0.25) is 0 Å². The van der Waals surface area contributed by atoms with Gasteiger partial charge in [0.05, 0.1) is 18.3 Å². The van der Waals surface area contributed by atoms with E-state index >= 15 is 0 Å². The number of hydrogen-bond donors (Lipinski definition) is 0. The molecule has 2 fully saturated rings. The number of rotatable bonds is 9. The van der Waals surface area contributed by atoms with Crippen LogP contribution in [0.5, 0.6) is 0 Å². The second kappa shape index (κ2) is 7.63. The normalized spacial score (nSPS) is 36.4. The van der Waals surface area contributed by atoms with Gasteiger partial charge in [0.2, 0.25) is 0 Å². The molecule has 4 atom stereocenters. The van der Waals surface area contributed by atoms with Crippen molar-refractivity contribution in [1.29, 1.82) is 0 Å². The molecular formula is C10H18S6. The Bertz CT molecular complexity index is 189. The highest BCUT2D eigenvalue weighted by atomic mass is 33.1. The van der Waals surface area contributed by atoms with Gasteiger partial charge in [-0.05, 0) is 24.3 Å². The third-order valence-electron chi connectivity index (χ3n) is 2.05. The van der Waals surface area contributed by atoms with Crippen molar-refractivity contribution in [2.45, 2.75) is 45.0 Å². The van der Waals surface area contributed by atoms with Gasteiger partial charge in [0.25, 0.3) is 0 Å². The monoisotopic (exact) mass is 330 g/mol. The van der Waals surface area contributed by atoms with Crippen molar-refractivity contribution in [3.8, 4) is 0 Å². The van der Waals surface area contributed by atoms with Crippen LogP contribution in [0, 0.1) is 0 Å². The van der Waals surface area contributed by atoms with E-state index in [0.29, 0.717) is 0 Å². The predicted molar refractivity (Wildman–Crippen MR) is 91.0 cm³/mol. The molecule has 0 amide bonds. The molecule has 0 aromatic carbocycles. The third-order valence-corrected chi connectivity index (χ3v) is 13.2. The molecule has 0 aliphatic carbocycles. The van der Waals surface area contributed by atoms with Gasteiger partial charge in [-0.1, -0.05) is 35.4 Å². The smallest absolute Gasteiger partial charge is 0.0828 e. The summed E-state index contributed by atoms with van der Waals surface area (Å²) in [5, 5.41) is 0. The Kier molecular flexibility index (Phi) is 6.92. The Morgan fingerprint density at radius 3 is 1.56 bits per heavy atom. The van der Waals surface area contributed by atoms with Crippen molar-refractivity contribution in [2.24, 2.45) is 0 Å². The zero-order valence-electron chi connectivity index (χ0n) is 9.59. The van der Waals surface area contributed by atoms with E-state index in [1.54, 1.807) is 0 Å². The Hall–Kier alpha value is 2.10. The van der Waals surface area contributed by atoms with E-state index in [0.717, 1.165) is 18.3 Å². The van der Waals surface area contributed by atoms with Crippen LogP contribution in [0.1, 0.15) is 26.7 Å². The minimum absolute atomic E-state index is 0.888. The van der Waals surface area contributed by atoms with E-state index in [9.17, 15) is 0 Å². The minimum atomic E-state index is 0.888. The molecule has 0 spiro atoms. The van der Waals surface area contributed by atoms with Gasteiger partial charge in [0, 0.05) is 0 Å². The molecule has 0 bridgehead atoms. The summed E-state index contributed by atoms with van der Waals surface area (Å²) in [6.07, 6.45) is 2.64. The van der Waals surface area contributed by atoms with E-state index < -0.39 is 0 Å². The fourth-order valence-electron chi connectivity index (χ4n) is 1.12. The van der Waals surface area contributed by atoms with E-state index in [1.165, 1.54) is 24.3 Å². The van der Waals surface area contributed by atoms with E-state index in [4.69, 9.17) is 0 Å². The summed E-state index contributed by atoms with van der Waals surface area (Å²) < 4.78 is 3.59. The van der Waals surface area contributed by atoms with Crippen LogP contribution in [0.15, 0.2) is 0 Å². The molecule has 0 saturated carbocycles. The molecule has 2 aliphatic rings. The van der Waals surface area contributed by atoms with Gasteiger partial charge in [0.1, 0.15) is 0 Å². The van der Waals surface area contributed by atoms with Crippen LogP contribution in [0.4, 0.5) is 0 Å². The summed E-state index contributed by atoms with van der Waals surface area (Å²) in [6.45, 7) is 4.54. The first kappa shape index (κ1) is 14.5. The summed E-state index contributed by atoms with van der Waals surface area (Å²) in [5.74, 6) is 2.68. The van der Waals surface area contributed by atoms with Crippen molar-refractivity contribution in [3.63, 3.8) is 0 Å². The Morgan fingerprint density at radius 1 is 0.750 bits per heavy atom. The Labute approximate surface area is 124 Å². The fourth-order valence-corrected chi connectivity index (χ4v) is 12.0. The molecule has 2 heterocycles. The molecule has 0 aromatic rings. The molecule has 2 saturated heterocycles. The summed E-state index contributed by atoms with van der Waals surface area (Å²) >= 11 is 8.62. The lowest BCUT2D eigenvalue weighted by atomic mass is 10.6. The third kappa shape index (κ3) is 5.00. The SMILES string of the molecule is CCCSC1SC1SSC1SC1SCCC. The second-order valence-corrected chi connectivity index (χ2v) is 12.5. The first-order chi connectivity index (χ1) is 7.85. The molecule has 0 radical (unpaired) electrons. The zero-order valence-corrected chi connectivity index (χ0v) is 14.5. The Balaban J connectivity index is 1.45. The van der Waals surface area contributed by atoms with Gasteiger partial charge < -0.3 is 0 Å². The zero-order chi connectivity index (χ0) is 11.4. The highest BCUT2D eigenvalue weighted by Crippen LogP contribution is 2.65. The lowest BCUT2D eigenvalue weighted by Crippen LogP contribution is -1.86. The molecule has 94 valence electrons. The van der Waals surface area contributed by atoms with Crippen molar-refractivity contribution in [1.82, 2.24) is 0 Å². The average molecular weight is 331 g/mol. The molecule has 0 aromatic heterocycles. The second-order valence-electron chi connectivity index (χ2n) is 3.68.